The fourth-order valence-corrected chi connectivity index (χ4v) is 6.45. The van der Waals surface area contributed by atoms with Gasteiger partial charge in [0.15, 0.2) is 123 Å². The van der Waals surface area contributed by atoms with E-state index in [9.17, 15) is 57.1 Å². The summed E-state index contributed by atoms with van der Waals surface area (Å²) in [6.45, 7) is 0. The smallest absolute Gasteiger partial charge is 0.200 e. The zero-order valence-electron chi connectivity index (χ0n) is 28.1. The van der Waals surface area contributed by atoms with Crippen LogP contribution in [0.1, 0.15) is 17.0 Å². The summed E-state index contributed by atoms with van der Waals surface area (Å²) in [6, 6.07) is 0. The molecule has 4 unspecified atom stereocenters. The Kier molecular flexibility index (Phi) is 11.3. The number of hydrogen-bond donors (Lipinski definition) is 0. The first-order chi connectivity index (χ1) is 28.7. The Balaban J connectivity index is 1.77. The highest BCUT2D eigenvalue weighted by Gasteiger charge is 2.52. The molecule has 0 nitrogen and oxygen atoms in total. The van der Waals surface area contributed by atoms with Gasteiger partial charge >= 0.3 is 0 Å². The van der Waals surface area contributed by atoms with Crippen LogP contribution in [0.4, 0.5) is 114 Å². The fourth-order valence-electron chi connectivity index (χ4n) is 6.45. The van der Waals surface area contributed by atoms with Gasteiger partial charge in [0.25, 0.3) is 0 Å². The molecular formula is C36H4F26. The van der Waals surface area contributed by atoms with Crippen molar-refractivity contribution in [2.24, 2.45) is 0 Å². The maximum atomic E-state index is 16.5. The molecule has 62 heavy (non-hydrogen) atoms. The minimum atomic E-state index is -4.66. The van der Waals surface area contributed by atoms with Crippen molar-refractivity contribution >= 4 is 5.57 Å². The summed E-state index contributed by atoms with van der Waals surface area (Å²) in [7, 11) is 0. The molecule has 0 aliphatic heterocycles. The maximum Gasteiger partial charge on any atom is 0.200 e. The third kappa shape index (κ3) is 6.08. The molecule has 0 saturated carbocycles. The molecule has 330 valence electrons. The van der Waals surface area contributed by atoms with Crippen molar-refractivity contribution in [3.8, 4) is 22.3 Å². The van der Waals surface area contributed by atoms with Crippen molar-refractivity contribution in [3.05, 3.63) is 156 Å². The highest BCUT2D eigenvalue weighted by atomic mass is 19.2. The molecule has 4 aromatic carbocycles. The molecule has 2 aliphatic rings. The lowest BCUT2D eigenvalue weighted by atomic mass is 9.75. The highest BCUT2D eigenvalue weighted by Crippen LogP contribution is 2.55. The third-order valence-electron chi connectivity index (χ3n) is 9.28. The van der Waals surface area contributed by atoms with E-state index in [2.05, 4.69) is 0 Å². The summed E-state index contributed by atoms with van der Waals surface area (Å²) in [4.78, 5) is 0. The van der Waals surface area contributed by atoms with Crippen LogP contribution in [0.15, 0.2) is 40.3 Å². The second-order valence-electron chi connectivity index (χ2n) is 12.5. The van der Waals surface area contributed by atoms with Gasteiger partial charge in [-0.2, -0.15) is 0 Å². The summed E-state index contributed by atoms with van der Waals surface area (Å²) in [6.07, 6.45) is -13.3. The van der Waals surface area contributed by atoms with E-state index in [4.69, 9.17) is 0 Å². The van der Waals surface area contributed by atoms with E-state index in [0.717, 1.165) is 0 Å². The summed E-state index contributed by atoms with van der Waals surface area (Å²) in [5.41, 5.74) is -27.3. The minimum absolute atomic E-state index is 2.87. The molecule has 0 amide bonds. The number of hydrogen-bond acceptors (Lipinski definition) is 0. The van der Waals surface area contributed by atoms with Crippen LogP contribution in [0.25, 0.3) is 27.8 Å². The van der Waals surface area contributed by atoms with Crippen molar-refractivity contribution in [2.45, 2.75) is 24.4 Å². The van der Waals surface area contributed by atoms with E-state index in [1.165, 1.54) is 0 Å². The van der Waals surface area contributed by atoms with E-state index < -0.39 is 208 Å². The van der Waals surface area contributed by atoms with Crippen molar-refractivity contribution < 1.29 is 114 Å². The maximum absolute atomic E-state index is 16.5. The number of alkyl halides is 3. The lowest BCUT2D eigenvalue weighted by Crippen LogP contribution is -2.34. The van der Waals surface area contributed by atoms with Gasteiger partial charge in [-0.3, -0.25) is 0 Å². The van der Waals surface area contributed by atoms with Crippen LogP contribution in [-0.2, 0) is 0 Å². The quantitative estimate of drug-likeness (QED) is 0.106. The van der Waals surface area contributed by atoms with Gasteiger partial charge in [0, 0.05) is 16.7 Å². The molecule has 2 aliphatic carbocycles. The predicted octanol–water partition coefficient (Wildman–Crippen LogP) is 13.6. The fraction of sp³-hybridized carbons (Fsp3) is 0.111. The summed E-state index contributed by atoms with van der Waals surface area (Å²) in [5, 5.41) is 0. The van der Waals surface area contributed by atoms with Gasteiger partial charge in [0.2, 0.25) is 11.6 Å². The summed E-state index contributed by atoms with van der Waals surface area (Å²) < 4.78 is 388. The lowest BCUT2D eigenvalue weighted by Gasteiger charge is -2.33. The van der Waals surface area contributed by atoms with Gasteiger partial charge in [0.05, 0.1) is 39.3 Å². The number of allylic oxidation sites excluding steroid dienone is 8. The van der Waals surface area contributed by atoms with Crippen molar-refractivity contribution in [1.82, 2.24) is 0 Å². The van der Waals surface area contributed by atoms with E-state index in [-0.39, 0.29) is 0 Å². The van der Waals surface area contributed by atoms with Gasteiger partial charge < -0.3 is 0 Å². The third-order valence-corrected chi connectivity index (χ3v) is 9.28. The van der Waals surface area contributed by atoms with Gasteiger partial charge in [-0.05, 0) is 0 Å². The number of rotatable bonds is 5. The number of benzene rings is 4. The Morgan fingerprint density at radius 1 is 0.226 bits per heavy atom. The molecule has 4 atom stereocenters. The molecule has 0 fully saturated rings. The second kappa shape index (κ2) is 15.4. The van der Waals surface area contributed by atoms with Gasteiger partial charge in [-0.1, -0.05) is 0 Å². The van der Waals surface area contributed by atoms with Gasteiger partial charge in [-0.25, -0.2) is 114 Å². The zero-order valence-corrected chi connectivity index (χ0v) is 28.1. The first kappa shape index (κ1) is 45.5. The lowest BCUT2D eigenvalue weighted by molar-refractivity contribution is 0.179. The molecule has 0 aromatic heterocycles. The van der Waals surface area contributed by atoms with E-state index in [1.807, 2.05) is 0 Å². The zero-order chi connectivity index (χ0) is 46.8. The van der Waals surface area contributed by atoms with Crippen LogP contribution in [0.5, 0.6) is 0 Å². The Bertz CT molecular complexity index is 2710. The average Bonchev–Trinajstić information content (AvgIpc) is 3.23. The van der Waals surface area contributed by atoms with Crippen molar-refractivity contribution in [3.63, 3.8) is 0 Å². The summed E-state index contributed by atoms with van der Waals surface area (Å²) >= 11 is 0. The molecular weight excluding hydrogens is 926 g/mol. The van der Waals surface area contributed by atoms with Crippen LogP contribution in [-0.4, -0.2) is 18.5 Å². The minimum Gasteiger partial charge on any atom is -0.241 e. The molecule has 0 spiro atoms. The van der Waals surface area contributed by atoms with Crippen LogP contribution < -0.4 is 0 Å². The van der Waals surface area contributed by atoms with E-state index >= 15 is 57.1 Å². The van der Waals surface area contributed by atoms with Crippen LogP contribution >= 0.6 is 0 Å². The standard InChI is InChI=1S/C36H4F26/c37-11-1(4-14(40)18(44)7(19(45)15(4)41)9-24(50)30(56)35(61)31(57)25(9)51)12(38)3(6-22(48)28(54)34(60)29(55)23(6)49)13(39)2(11)5-16(42)20(46)8(21(47)17(5)43)10-26(52)32(58)36(62)33(59)27(10)53/h1,12,22,28H. The molecule has 0 saturated heterocycles. The molecule has 0 N–H and O–H groups in total. The molecule has 4 aromatic rings. The van der Waals surface area contributed by atoms with E-state index in [0.29, 0.717) is 0 Å². The number of halogens is 26. The second-order valence-corrected chi connectivity index (χ2v) is 12.5. The molecule has 26 heteroatoms. The van der Waals surface area contributed by atoms with Gasteiger partial charge in [-0.15, -0.1) is 0 Å². The first-order valence-electron chi connectivity index (χ1n) is 15.6. The molecule has 0 heterocycles. The molecule has 6 rings (SSSR count). The normalized spacial score (nSPS) is 19.8. The first-order valence-corrected chi connectivity index (χ1v) is 15.6. The predicted molar refractivity (Wildman–Crippen MR) is 154 cm³/mol. The van der Waals surface area contributed by atoms with Crippen LogP contribution in [0.2, 0.25) is 0 Å². The Labute approximate surface area is 323 Å². The monoisotopic (exact) mass is 930 g/mol. The van der Waals surface area contributed by atoms with Crippen LogP contribution in [0, 0.1) is 105 Å². The Morgan fingerprint density at radius 2 is 0.500 bits per heavy atom. The Morgan fingerprint density at radius 3 is 0.855 bits per heavy atom. The topological polar surface area (TPSA) is 0 Å². The van der Waals surface area contributed by atoms with E-state index in [1.54, 1.807) is 0 Å². The summed E-state index contributed by atoms with van der Waals surface area (Å²) in [5.74, 6) is -80.5. The molecule has 0 radical (unpaired) electrons. The van der Waals surface area contributed by atoms with Gasteiger partial charge in [0.1, 0.15) is 17.8 Å². The van der Waals surface area contributed by atoms with Crippen LogP contribution in [0.3, 0.4) is 0 Å². The SMILES string of the molecule is FC1=C(F)C(F)C(F)C(C2=C(F)C(c3c(F)c(F)c(-c4c(F)c(F)c(F)c(F)c4F)c(F)c3F)=C(F)C(c3c(F)c(F)c(-c4c(F)c(F)c(F)c(F)c4F)c(F)c3F)C2F)=C1F. The highest BCUT2D eigenvalue weighted by molar-refractivity contribution is 5.86. The largest absolute Gasteiger partial charge is 0.241 e. The van der Waals surface area contributed by atoms with Crippen molar-refractivity contribution in [1.29, 1.82) is 0 Å². The average molecular weight is 930 g/mol. The van der Waals surface area contributed by atoms with Crippen molar-refractivity contribution in [2.75, 3.05) is 0 Å². The Hall–Kier alpha value is -5.98. The molecule has 0 bridgehead atoms.